The van der Waals surface area contributed by atoms with Gasteiger partial charge in [-0.1, -0.05) is 71.3 Å². The molecule has 0 bridgehead atoms. The Morgan fingerprint density at radius 1 is 0.840 bits per heavy atom. The van der Waals surface area contributed by atoms with Gasteiger partial charge in [-0.25, -0.2) is 4.79 Å². The summed E-state index contributed by atoms with van der Waals surface area (Å²) in [4.78, 5) is 12.8. The van der Waals surface area contributed by atoms with Crippen LogP contribution in [0.5, 0.6) is 0 Å². The first-order valence-electron chi connectivity index (χ1n) is 7.41. The van der Waals surface area contributed by atoms with Crippen LogP contribution in [0.3, 0.4) is 0 Å². The summed E-state index contributed by atoms with van der Waals surface area (Å²) in [6.07, 6.45) is 2.30. The number of nitrogens with zero attached hydrogens (tertiary/aromatic N) is 1. The van der Waals surface area contributed by atoms with Gasteiger partial charge in [-0.3, -0.25) is 4.90 Å². The number of hydrogen-bond acceptors (Lipinski definition) is 4. The molecule has 10 heteroatoms. The van der Waals surface area contributed by atoms with Crippen molar-refractivity contribution in [3.63, 3.8) is 0 Å². The number of halogens is 5. The van der Waals surface area contributed by atoms with E-state index in [1.54, 1.807) is 0 Å². The first-order chi connectivity index (χ1) is 11.7. The fraction of sp³-hybridized carbons (Fsp3) is 0.533. The third kappa shape index (κ3) is 8.06. The fourth-order valence-corrected chi connectivity index (χ4v) is 3.09. The van der Waals surface area contributed by atoms with E-state index in [0.717, 1.165) is 19.4 Å². The molecule has 0 heterocycles. The van der Waals surface area contributed by atoms with Crippen molar-refractivity contribution in [2.75, 3.05) is 32.8 Å². The second-order valence-electron chi connectivity index (χ2n) is 4.89. The maximum atomic E-state index is 10.7. The molecule has 0 saturated carbocycles. The third-order valence-corrected chi connectivity index (χ3v) is 5.36. The minimum atomic E-state index is -1.32. The molecule has 1 rings (SSSR count). The lowest BCUT2D eigenvalue weighted by atomic mass is 10.2. The first-order valence-corrected chi connectivity index (χ1v) is 9.30. The van der Waals surface area contributed by atoms with Gasteiger partial charge in [0.1, 0.15) is 0 Å². The summed E-state index contributed by atoms with van der Waals surface area (Å²) >= 11 is 28.2. The topological polar surface area (TPSA) is 81.0 Å². The van der Waals surface area contributed by atoms with Gasteiger partial charge >= 0.3 is 5.97 Å². The van der Waals surface area contributed by atoms with Crippen LogP contribution >= 0.6 is 58.0 Å². The van der Waals surface area contributed by atoms with Crippen molar-refractivity contribution in [2.45, 2.75) is 19.8 Å². The summed E-state index contributed by atoms with van der Waals surface area (Å²) < 4.78 is 0. The Hall–Kier alpha value is 0.0200. The summed E-state index contributed by atoms with van der Waals surface area (Å²) in [6.45, 7) is 4.85. The highest BCUT2D eigenvalue weighted by atomic mass is 35.5. The average Bonchev–Trinajstić information content (AvgIpc) is 2.57. The van der Waals surface area contributed by atoms with Crippen molar-refractivity contribution in [3.05, 3.63) is 30.7 Å². The predicted molar refractivity (Wildman–Crippen MR) is 104 cm³/mol. The monoisotopic (exact) mass is 453 g/mol. The second-order valence-corrected chi connectivity index (χ2v) is 6.78. The fourth-order valence-electron chi connectivity index (χ4n) is 1.79. The highest BCUT2D eigenvalue weighted by molar-refractivity contribution is 6.56. The van der Waals surface area contributed by atoms with E-state index in [9.17, 15) is 4.79 Å². The van der Waals surface area contributed by atoms with E-state index in [4.69, 9.17) is 73.3 Å². The molecule has 0 aliphatic rings. The van der Waals surface area contributed by atoms with Gasteiger partial charge in [-0.2, -0.15) is 0 Å². The van der Waals surface area contributed by atoms with Gasteiger partial charge in [0.2, 0.25) is 0 Å². The van der Waals surface area contributed by atoms with Gasteiger partial charge in [0.15, 0.2) is 0 Å². The molecule has 0 atom stereocenters. The zero-order valence-corrected chi connectivity index (χ0v) is 17.3. The second kappa shape index (κ2) is 13.2. The molecule has 0 amide bonds. The molecule has 3 N–H and O–H groups in total. The molecule has 0 fully saturated rings. The summed E-state index contributed by atoms with van der Waals surface area (Å²) in [5, 5.41) is 25.3. The van der Waals surface area contributed by atoms with Gasteiger partial charge in [-0.05, 0) is 13.0 Å². The van der Waals surface area contributed by atoms with Crippen molar-refractivity contribution < 1.29 is 20.1 Å². The smallest absolute Gasteiger partial charge is 0.338 e. The molecule has 0 aromatic heterocycles. The Labute approximate surface area is 172 Å². The number of aromatic carboxylic acids is 1. The average molecular weight is 456 g/mol. The van der Waals surface area contributed by atoms with E-state index < -0.39 is 5.97 Å². The van der Waals surface area contributed by atoms with Gasteiger partial charge in [0.25, 0.3) is 0 Å². The Morgan fingerprint density at radius 3 is 1.56 bits per heavy atom. The Bertz CT molecular complexity index is 536. The van der Waals surface area contributed by atoms with Crippen LogP contribution < -0.4 is 0 Å². The molecule has 0 radical (unpaired) electrons. The van der Waals surface area contributed by atoms with Crippen LogP contribution in [0.2, 0.25) is 25.1 Å². The number of rotatable bonds is 8. The van der Waals surface area contributed by atoms with Crippen LogP contribution in [-0.4, -0.2) is 59.0 Å². The van der Waals surface area contributed by atoms with E-state index in [1.165, 1.54) is 0 Å². The summed E-state index contributed by atoms with van der Waals surface area (Å²) in [5.41, 5.74) is -0.354. The number of carbonyl (C=O) groups is 1. The Kier molecular flexibility index (Phi) is 13.2. The maximum absolute atomic E-state index is 10.7. The molecule has 144 valence electrons. The molecule has 5 nitrogen and oxygen atoms in total. The van der Waals surface area contributed by atoms with Crippen molar-refractivity contribution in [3.8, 4) is 0 Å². The number of carboxylic acids is 1. The summed E-state index contributed by atoms with van der Waals surface area (Å²) in [5.74, 6) is -1.32. The van der Waals surface area contributed by atoms with E-state index in [1.807, 2.05) is 0 Å². The minimum Gasteiger partial charge on any atom is -0.478 e. The molecular weight excluding hydrogens is 435 g/mol. The lowest BCUT2D eigenvalue weighted by molar-refractivity contribution is 0.0697. The number of aliphatic hydroxyl groups excluding tert-OH is 2. The lowest BCUT2D eigenvalue weighted by Gasteiger charge is -2.19. The normalized spacial score (nSPS) is 10.6. The van der Waals surface area contributed by atoms with Gasteiger partial charge in [-0.15, -0.1) is 0 Å². The number of aliphatic hydroxyl groups is 2. The highest BCUT2D eigenvalue weighted by Gasteiger charge is 2.23. The van der Waals surface area contributed by atoms with Crippen LogP contribution in [0.15, 0.2) is 0 Å². The molecular formula is C15H20Cl5NO4. The van der Waals surface area contributed by atoms with Crippen LogP contribution in [0.1, 0.15) is 30.1 Å². The molecule has 25 heavy (non-hydrogen) atoms. The zero-order valence-electron chi connectivity index (χ0n) is 13.5. The van der Waals surface area contributed by atoms with Crippen LogP contribution in [0.4, 0.5) is 0 Å². The minimum absolute atomic E-state index is 0.0617. The van der Waals surface area contributed by atoms with Crippen molar-refractivity contribution >= 4 is 64.0 Å². The first kappa shape index (κ1) is 25.0. The molecule has 0 aliphatic carbocycles. The van der Waals surface area contributed by atoms with Crippen LogP contribution in [0.25, 0.3) is 0 Å². The van der Waals surface area contributed by atoms with E-state index in [0.29, 0.717) is 13.1 Å². The van der Waals surface area contributed by atoms with Gasteiger partial charge in [0, 0.05) is 13.1 Å². The SMILES string of the molecule is CCCCN(CCO)CCO.O=C(O)c1c(Cl)c(Cl)c(Cl)c(Cl)c1Cl. The summed E-state index contributed by atoms with van der Waals surface area (Å²) in [7, 11) is 0. The molecule has 0 saturated heterocycles. The lowest BCUT2D eigenvalue weighted by Crippen LogP contribution is -2.30. The molecule has 0 spiro atoms. The number of hydrogen-bond donors (Lipinski definition) is 3. The number of carboxylic acid groups (broad SMARTS) is 1. The van der Waals surface area contributed by atoms with Crippen LogP contribution in [0, 0.1) is 0 Å². The van der Waals surface area contributed by atoms with Crippen LogP contribution in [-0.2, 0) is 0 Å². The van der Waals surface area contributed by atoms with Crippen molar-refractivity contribution in [1.82, 2.24) is 4.90 Å². The van der Waals surface area contributed by atoms with Crippen molar-refractivity contribution in [1.29, 1.82) is 0 Å². The quantitative estimate of drug-likeness (QED) is 0.390. The molecule has 1 aromatic carbocycles. The van der Waals surface area contributed by atoms with E-state index >= 15 is 0 Å². The third-order valence-electron chi connectivity index (χ3n) is 3.08. The Balaban J connectivity index is 0.000000477. The molecule has 0 aliphatic heterocycles. The summed E-state index contributed by atoms with van der Waals surface area (Å²) in [6, 6.07) is 0. The van der Waals surface area contributed by atoms with E-state index in [2.05, 4.69) is 11.8 Å². The Morgan fingerprint density at radius 2 is 1.24 bits per heavy atom. The number of unbranched alkanes of at least 4 members (excludes halogenated alkanes) is 1. The predicted octanol–water partition coefficient (Wildman–Crippen LogP) is 4.72. The van der Waals surface area contributed by atoms with E-state index in [-0.39, 0.29) is 43.9 Å². The van der Waals surface area contributed by atoms with Crippen molar-refractivity contribution in [2.24, 2.45) is 0 Å². The highest BCUT2D eigenvalue weighted by Crippen LogP contribution is 2.43. The van der Waals surface area contributed by atoms with Gasteiger partial charge in [0.05, 0.1) is 43.9 Å². The van der Waals surface area contributed by atoms with Gasteiger partial charge < -0.3 is 15.3 Å². The largest absolute Gasteiger partial charge is 0.478 e. The maximum Gasteiger partial charge on any atom is 0.338 e. The molecule has 0 unspecified atom stereocenters. The zero-order chi connectivity index (χ0) is 19.6. The molecule has 1 aromatic rings. The standard InChI is InChI=1S/C8H19NO2.C7HCl5O2/c1-2-3-4-9(5-7-10)6-8-11;8-2-1(7(13)14)3(9)5(11)6(12)4(2)10/h10-11H,2-8H2,1H3;(H,13,14). The number of benzene rings is 1.